The van der Waals surface area contributed by atoms with E-state index >= 15 is 0 Å². The lowest BCUT2D eigenvalue weighted by molar-refractivity contribution is 0.587. The van der Waals surface area contributed by atoms with E-state index in [9.17, 15) is 8.42 Å². The molecule has 0 atom stereocenters. The second-order valence-electron chi connectivity index (χ2n) is 6.07. The molecular formula is C19H21N3O2S. The molecule has 0 aliphatic rings. The monoisotopic (exact) mass is 355 g/mol. The molecule has 130 valence electrons. The Labute approximate surface area is 148 Å². The van der Waals surface area contributed by atoms with Gasteiger partial charge in [-0.1, -0.05) is 23.8 Å². The zero-order valence-corrected chi connectivity index (χ0v) is 15.3. The van der Waals surface area contributed by atoms with Crippen LogP contribution in [0.5, 0.6) is 0 Å². The molecule has 1 N–H and O–H groups in total. The lowest BCUT2D eigenvalue weighted by Crippen LogP contribution is -2.14. The van der Waals surface area contributed by atoms with Gasteiger partial charge in [0.25, 0.3) is 10.0 Å². The number of benzene rings is 1. The van der Waals surface area contributed by atoms with E-state index in [1.54, 1.807) is 24.5 Å². The largest absolute Gasteiger partial charge is 0.316 e. The molecule has 1 aromatic carbocycles. The minimum atomic E-state index is -3.72. The molecule has 0 unspecified atom stereocenters. The molecule has 0 aliphatic heterocycles. The Kier molecular flexibility index (Phi) is 4.74. The van der Waals surface area contributed by atoms with Crippen LogP contribution < -0.4 is 5.32 Å². The topological polar surface area (TPSA) is 64.0 Å². The fraction of sp³-hybridized carbons (Fsp3) is 0.211. The van der Waals surface area contributed by atoms with Gasteiger partial charge in [0.2, 0.25) is 0 Å². The summed E-state index contributed by atoms with van der Waals surface area (Å²) in [5.74, 6) is 0. The van der Waals surface area contributed by atoms with Crippen molar-refractivity contribution in [3.8, 4) is 11.3 Å². The van der Waals surface area contributed by atoms with Gasteiger partial charge in [-0.05, 0) is 50.2 Å². The summed E-state index contributed by atoms with van der Waals surface area (Å²) in [6, 6.07) is 11.1. The third-order valence-corrected chi connectivity index (χ3v) is 5.73. The number of hydrogen-bond acceptors (Lipinski definition) is 4. The van der Waals surface area contributed by atoms with Gasteiger partial charge in [0.05, 0.1) is 5.69 Å². The third kappa shape index (κ3) is 3.36. The molecule has 3 aromatic rings. The summed E-state index contributed by atoms with van der Waals surface area (Å²) in [5, 5.41) is 3.07. The summed E-state index contributed by atoms with van der Waals surface area (Å²) in [6.45, 7) is 4.61. The zero-order chi connectivity index (χ0) is 18.0. The highest BCUT2D eigenvalue weighted by Gasteiger charge is 2.22. The van der Waals surface area contributed by atoms with Crippen LogP contribution in [-0.4, -0.2) is 24.4 Å². The molecular weight excluding hydrogens is 334 g/mol. The highest BCUT2D eigenvalue weighted by molar-refractivity contribution is 7.90. The van der Waals surface area contributed by atoms with Gasteiger partial charge in [-0.2, -0.15) is 0 Å². The highest BCUT2D eigenvalue weighted by atomic mass is 32.2. The molecule has 5 nitrogen and oxygen atoms in total. The SMILES string of the molecule is CNCc1cc(-c2ccc(C)cc2C)n(S(=O)(=O)c2cccnc2)c1. The van der Waals surface area contributed by atoms with Crippen LogP contribution >= 0.6 is 0 Å². The van der Waals surface area contributed by atoms with Crippen molar-refractivity contribution < 1.29 is 8.42 Å². The Morgan fingerprint density at radius 2 is 1.96 bits per heavy atom. The fourth-order valence-electron chi connectivity index (χ4n) is 2.91. The van der Waals surface area contributed by atoms with Gasteiger partial charge in [-0.15, -0.1) is 0 Å². The van der Waals surface area contributed by atoms with Gasteiger partial charge in [0, 0.05) is 30.7 Å². The number of hydrogen-bond donors (Lipinski definition) is 1. The second-order valence-corrected chi connectivity index (χ2v) is 7.89. The van der Waals surface area contributed by atoms with Crippen molar-refractivity contribution in [2.75, 3.05) is 7.05 Å². The van der Waals surface area contributed by atoms with Crippen LogP contribution in [0.25, 0.3) is 11.3 Å². The maximum atomic E-state index is 13.1. The van der Waals surface area contributed by atoms with Crippen LogP contribution in [0.15, 0.2) is 59.9 Å². The summed E-state index contributed by atoms with van der Waals surface area (Å²) in [4.78, 5) is 4.12. The number of nitrogens with zero attached hydrogens (tertiary/aromatic N) is 2. The summed E-state index contributed by atoms with van der Waals surface area (Å²) < 4.78 is 27.6. The number of rotatable bonds is 5. The van der Waals surface area contributed by atoms with Crippen LogP contribution in [0.2, 0.25) is 0 Å². The lowest BCUT2D eigenvalue weighted by Gasteiger charge is -2.12. The maximum absolute atomic E-state index is 13.1. The van der Waals surface area contributed by atoms with Gasteiger partial charge in [0.15, 0.2) is 0 Å². The molecule has 0 saturated heterocycles. The summed E-state index contributed by atoms with van der Waals surface area (Å²) >= 11 is 0. The Morgan fingerprint density at radius 1 is 1.16 bits per heavy atom. The Hall–Kier alpha value is -2.44. The van der Waals surface area contributed by atoms with Crippen LogP contribution in [0.3, 0.4) is 0 Å². The van der Waals surface area contributed by atoms with Crippen molar-refractivity contribution >= 4 is 10.0 Å². The standard InChI is InChI=1S/C19H21N3O2S/c1-14-6-7-18(15(2)9-14)19-10-16(11-20-3)13-22(19)25(23,24)17-5-4-8-21-12-17/h4-10,12-13,20H,11H2,1-3H3. The predicted octanol–water partition coefficient (Wildman–Crippen LogP) is 3.12. The normalized spacial score (nSPS) is 11.6. The zero-order valence-electron chi connectivity index (χ0n) is 14.5. The van der Waals surface area contributed by atoms with Gasteiger partial charge < -0.3 is 5.32 Å². The van der Waals surface area contributed by atoms with Crippen molar-refractivity contribution in [1.82, 2.24) is 14.3 Å². The van der Waals surface area contributed by atoms with Crippen LogP contribution in [0.1, 0.15) is 16.7 Å². The molecule has 0 amide bonds. The van der Waals surface area contributed by atoms with E-state index in [0.717, 1.165) is 22.3 Å². The fourth-order valence-corrected chi connectivity index (χ4v) is 4.26. The second kappa shape index (κ2) is 6.82. The molecule has 0 bridgehead atoms. The van der Waals surface area contributed by atoms with E-state index in [1.807, 2.05) is 39.1 Å². The first kappa shape index (κ1) is 17.4. The van der Waals surface area contributed by atoms with Crippen LogP contribution in [0.4, 0.5) is 0 Å². The van der Waals surface area contributed by atoms with Crippen molar-refractivity contribution in [2.45, 2.75) is 25.3 Å². The molecule has 2 aromatic heterocycles. The minimum Gasteiger partial charge on any atom is -0.316 e. The van der Waals surface area contributed by atoms with Crippen LogP contribution in [-0.2, 0) is 16.6 Å². The Balaban J connectivity index is 2.23. The number of aryl methyl sites for hydroxylation is 2. The third-order valence-electron chi connectivity index (χ3n) is 4.07. The first-order chi connectivity index (χ1) is 11.9. The van der Waals surface area contributed by atoms with Crippen molar-refractivity contribution in [2.24, 2.45) is 0 Å². The molecule has 6 heteroatoms. The molecule has 0 fully saturated rings. The lowest BCUT2D eigenvalue weighted by atomic mass is 10.0. The molecule has 2 heterocycles. The first-order valence-corrected chi connectivity index (χ1v) is 9.46. The van der Waals surface area contributed by atoms with Crippen molar-refractivity contribution in [1.29, 1.82) is 0 Å². The highest BCUT2D eigenvalue weighted by Crippen LogP contribution is 2.29. The average molecular weight is 355 g/mol. The summed E-state index contributed by atoms with van der Waals surface area (Å²) in [5.41, 5.74) is 4.65. The van der Waals surface area contributed by atoms with E-state index in [1.165, 1.54) is 10.2 Å². The number of nitrogens with one attached hydrogen (secondary N) is 1. The van der Waals surface area contributed by atoms with Crippen LogP contribution in [0, 0.1) is 13.8 Å². The predicted molar refractivity (Wildman–Crippen MR) is 98.9 cm³/mol. The smallest absolute Gasteiger partial charge is 0.269 e. The average Bonchev–Trinajstić information content (AvgIpc) is 3.00. The molecule has 0 spiro atoms. The minimum absolute atomic E-state index is 0.174. The van der Waals surface area contributed by atoms with Gasteiger partial charge in [-0.25, -0.2) is 12.4 Å². The maximum Gasteiger partial charge on any atom is 0.269 e. The summed E-state index contributed by atoms with van der Waals surface area (Å²) in [6.07, 6.45) is 4.61. The molecule has 0 saturated carbocycles. The van der Waals surface area contributed by atoms with E-state index in [2.05, 4.69) is 16.4 Å². The van der Waals surface area contributed by atoms with Crippen molar-refractivity contribution in [3.05, 3.63) is 71.7 Å². The van der Waals surface area contributed by atoms with Gasteiger partial charge >= 0.3 is 0 Å². The first-order valence-electron chi connectivity index (χ1n) is 8.02. The molecule has 3 rings (SSSR count). The molecule has 25 heavy (non-hydrogen) atoms. The molecule has 0 aliphatic carbocycles. The Bertz CT molecular complexity index is 993. The van der Waals surface area contributed by atoms with Crippen molar-refractivity contribution in [3.63, 3.8) is 0 Å². The van der Waals surface area contributed by atoms with Gasteiger partial charge in [0.1, 0.15) is 4.90 Å². The Morgan fingerprint density at radius 3 is 2.60 bits per heavy atom. The molecule has 0 radical (unpaired) electrons. The number of pyridine rings is 1. The van der Waals surface area contributed by atoms with E-state index in [0.29, 0.717) is 12.2 Å². The van der Waals surface area contributed by atoms with E-state index < -0.39 is 10.0 Å². The quantitative estimate of drug-likeness (QED) is 0.764. The number of aromatic nitrogens is 2. The van der Waals surface area contributed by atoms with E-state index in [-0.39, 0.29) is 4.90 Å². The van der Waals surface area contributed by atoms with E-state index in [4.69, 9.17) is 0 Å². The van der Waals surface area contributed by atoms with Gasteiger partial charge in [-0.3, -0.25) is 4.98 Å². The summed E-state index contributed by atoms with van der Waals surface area (Å²) in [7, 11) is -1.88.